The van der Waals surface area contributed by atoms with E-state index >= 15 is 0 Å². The Balaban J connectivity index is 1.77. The van der Waals surface area contributed by atoms with Crippen LogP contribution in [0.25, 0.3) is 0 Å². The molecule has 3 aliphatic rings. The number of hydrogen-bond donors (Lipinski definition) is 1. The summed E-state index contributed by atoms with van der Waals surface area (Å²) in [5, 5.41) is 11.0. The highest BCUT2D eigenvalue weighted by molar-refractivity contribution is 5.23. The summed E-state index contributed by atoms with van der Waals surface area (Å²) in [6, 6.07) is 0. The van der Waals surface area contributed by atoms with Gasteiger partial charge in [0.2, 0.25) is 0 Å². The Kier molecular flexibility index (Phi) is 4.11. The number of hydrogen-bond acceptors (Lipinski definition) is 4. The van der Waals surface area contributed by atoms with E-state index in [2.05, 4.69) is 0 Å². The monoisotopic (exact) mass is 298 g/mol. The first-order chi connectivity index (χ1) is 9.98. The smallest absolute Gasteiger partial charge is 0.147 e. The largest absolute Gasteiger partial charge is 0.390 e. The second-order valence-corrected chi connectivity index (χ2v) is 7.64. The Morgan fingerprint density at radius 1 is 1.14 bits per heavy atom. The fraction of sp³-hybridized carbons (Fsp3) is 1.00. The highest BCUT2D eigenvalue weighted by Gasteiger charge is 2.74. The third-order valence-electron chi connectivity index (χ3n) is 6.59. The molecule has 0 saturated heterocycles. The van der Waals surface area contributed by atoms with Crippen LogP contribution < -0.4 is 0 Å². The fourth-order valence-electron chi connectivity index (χ4n) is 6.03. The molecular formula is C17H30O4. The summed E-state index contributed by atoms with van der Waals surface area (Å²) in [6.07, 6.45) is 7.06. The molecule has 0 aromatic heterocycles. The van der Waals surface area contributed by atoms with Crippen molar-refractivity contribution in [2.75, 3.05) is 27.1 Å². The van der Waals surface area contributed by atoms with Crippen LogP contribution >= 0.6 is 0 Å². The lowest BCUT2D eigenvalue weighted by Crippen LogP contribution is -2.61. The second kappa shape index (κ2) is 5.48. The van der Waals surface area contributed by atoms with Crippen LogP contribution in [0.15, 0.2) is 0 Å². The standard InChI is InChI=1S/C17H30O4/c1-15(2,18)16-7-4-8-17(16,14-6-5-13(16)11-14)21-12-20-10-9-19-3/h13-14,18H,4-12H2,1-3H3. The molecule has 3 saturated carbocycles. The van der Waals surface area contributed by atoms with E-state index in [1.54, 1.807) is 7.11 Å². The van der Waals surface area contributed by atoms with E-state index in [1.165, 1.54) is 19.3 Å². The minimum atomic E-state index is -0.685. The minimum Gasteiger partial charge on any atom is -0.390 e. The molecule has 3 rings (SSSR count). The van der Waals surface area contributed by atoms with Gasteiger partial charge in [-0.3, -0.25) is 0 Å². The highest BCUT2D eigenvalue weighted by atomic mass is 16.7. The molecule has 21 heavy (non-hydrogen) atoms. The summed E-state index contributed by atoms with van der Waals surface area (Å²) in [7, 11) is 1.68. The van der Waals surface area contributed by atoms with Crippen LogP contribution in [0.3, 0.4) is 0 Å². The van der Waals surface area contributed by atoms with Gasteiger partial charge < -0.3 is 19.3 Å². The van der Waals surface area contributed by atoms with Gasteiger partial charge in [-0.25, -0.2) is 0 Å². The van der Waals surface area contributed by atoms with Crippen molar-refractivity contribution >= 4 is 0 Å². The Morgan fingerprint density at radius 2 is 1.90 bits per heavy atom. The van der Waals surface area contributed by atoms with E-state index in [0.29, 0.717) is 31.8 Å². The molecule has 2 bridgehead atoms. The average molecular weight is 298 g/mol. The van der Waals surface area contributed by atoms with Crippen molar-refractivity contribution in [1.82, 2.24) is 0 Å². The van der Waals surface area contributed by atoms with Crippen LogP contribution in [0.4, 0.5) is 0 Å². The van der Waals surface area contributed by atoms with Crippen molar-refractivity contribution in [3.63, 3.8) is 0 Å². The molecule has 4 heteroatoms. The second-order valence-electron chi connectivity index (χ2n) is 7.64. The van der Waals surface area contributed by atoms with Crippen LogP contribution in [-0.2, 0) is 14.2 Å². The molecule has 0 aliphatic heterocycles. The van der Waals surface area contributed by atoms with Gasteiger partial charge in [0.1, 0.15) is 6.79 Å². The van der Waals surface area contributed by atoms with Crippen LogP contribution in [-0.4, -0.2) is 43.4 Å². The first-order valence-electron chi connectivity index (χ1n) is 8.41. The molecule has 4 nitrogen and oxygen atoms in total. The Hall–Kier alpha value is -0.160. The maximum Gasteiger partial charge on any atom is 0.147 e. The molecule has 4 atom stereocenters. The first-order valence-corrected chi connectivity index (χ1v) is 8.41. The van der Waals surface area contributed by atoms with Crippen molar-refractivity contribution in [3.8, 4) is 0 Å². The van der Waals surface area contributed by atoms with Gasteiger partial charge in [-0.2, -0.15) is 0 Å². The summed E-state index contributed by atoms with van der Waals surface area (Å²) in [5.41, 5.74) is -0.926. The van der Waals surface area contributed by atoms with E-state index in [-0.39, 0.29) is 11.0 Å². The third kappa shape index (κ3) is 2.10. The van der Waals surface area contributed by atoms with Crippen LogP contribution in [0.1, 0.15) is 52.4 Å². The zero-order valence-electron chi connectivity index (χ0n) is 13.7. The van der Waals surface area contributed by atoms with Gasteiger partial charge in [0.15, 0.2) is 0 Å². The molecule has 0 spiro atoms. The maximum atomic E-state index is 11.0. The molecule has 0 amide bonds. The van der Waals surface area contributed by atoms with Crippen LogP contribution in [0.5, 0.6) is 0 Å². The van der Waals surface area contributed by atoms with Crippen molar-refractivity contribution in [1.29, 1.82) is 0 Å². The number of methoxy groups -OCH3 is 1. The summed E-state index contributed by atoms with van der Waals surface area (Å²) >= 11 is 0. The Morgan fingerprint density at radius 3 is 2.62 bits per heavy atom. The van der Waals surface area contributed by atoms with E-state index in [1.807, 2.05) is 13.8 Å². The summed E-state index contributed by atoms with van der Waals surface area (Å²) < 4.78 is 17.0. The van der Waals surface area contributed by atoms with Crippen molar-refractivity contribution in [3.05, 3.63) is 0 Å². The van der Waals surface area contributed by atoms with Gasteiger partial charge in [-0.15, -0.1) is 0 Å². The van der Waals surface area contributed by atoms with Gasteiger partial charge >= 0.3 is 0 Å². The lowest BCUT2D eigenvalue weighted by Gasteiger charge is -2.54. The number of fused-ring (bicyclic) bond motifs is 5. The van der Waals surface area contributed by atoms with E-state index in [4.69, 9.17) is 14.2 Å². The predicted molar refractivity (Wildman–Crippen MR) is 79.9 cm³/mol. The van der Waals surface area contributed by atoms with Crippen LogP contribution in [0, 0.1) is 17.3 Å². The van der Waals surface area contributed by atoms with Crippen LogP contribution in [0.2, 0.25) is 0 Å². The molecule has 0 aromatic rings. The Bertz CT molecular complexity index is 377. The topological polar surface area (TPSA) is 47.9 Å². The van der Waals surface area contributed by atoms with E-state index < -0.39 is 5.60 Å². The Labute approximate surface area is 128 Å². The average Bonchev–Trinajstić information content (AvgIpc) is 3.08. The lowest BCUT2D eigenvalue weighted by molar-refractivity contribution is -0.248. The molecule has 1 N–H and O–H groups in total. The number of rotatable bonds is 7. The predicted octanol–water partition coefficient (Wildman–Crippen LogP) is 2.73. The summed E-state index contributed by atoms with van der Waals surface area (Å²) in [6.45, 7) is 5.46. The van der Waals surface area contributed by atoms with Gasteiger partial charge in [0.25, 0.3) is 0 Å². The number of ether oxygens (including phenoxy) is 3. The number of aliphatic hydroxyl groups is 1. The first kappa shape index (κ1) is 15.7. The molecular weight excluding hydrogens is 268 g/mol. The van der Waals surface area contributed by atoms with Gasteiger partial charge in [0.05, 0.1) is 24.4 Å². The highest BCUT2D eigenvalue weighted by Crippen LogP contribution is 2.73. The zero-order chi connectivity index (χ0) is 15.1. The minimum absolute atomic E-state index is 0.0759. The van der Waals surface area contributed by atoms with Gasteiger partial charge in [-0.05, 0) is 64.2 Å². The maximum absolute atomic E-state index is 11.0. The molecule has 3 fully saturated rings. The molecule has 0 heterocycles. The summed E-state index contributed by atoms with van der Waals surface area (Å²) in [5.74, 6) is 1.21. The molecule has 3 aliphatic carbocycles. The molecule has 0 aromatic carbocycles. The van der Waals surface area contributed by atoms with Gasteiger partial charge in [0, 0.05) is 12.5 Å². The van der Waals surface area contributed by atoms with E-state index in [9.17, 15) is 5.11 Å². The summed E-state index contributed by atoms with van der Waals surface area (Å²) in [4.78, 5) is 0. The molecule has 122 valence electrons. The SMILES string of the molecule is COCCOCOC12CCCC1(C(C)(C)O)C1CCC2C1. The molecule has 4 unspecified atom stereocenters. The van der Waals surface area contributed by atoms with Crippen molar-refractivity contribution in [2.45, 2.75) is 63.6 Å². The third-order valence-corrected chi connectivity index (χ3v) is 6.59. The van der Waals surface area contributed by atoms with Gasteiger partial charge in [-0.1, -0.05) is 0 Å². The zero-order valence-corrected chi connectivity index (χ0v) is 13.7. The lowest BCUT2D eigenvalue weighted by atomic mass is 9.57. The van der Waals surface area contributed by atoms with E-state index in [0.717, 1.165) is 19.3 Å². The van der Waals surface area contributed by atoms with Crippen molar-refractivity contribution < 1.29 is 19.3 Å². The fourth-order valence-corrected chi connectivity index (χ4v) is 6.03. The quantitative estimate of drug-likeness (QED) is 0.580. The normalized spacial score (nSPS) is 41.7. The van der Waals surface area contributed by atoms with Crippen molar-refractivity contribution in [2.24, 2.45) is 17.3 Å². The molecule has 0 radical (unpaired) electrons.